The second-order valence-electron chi connectivity index (χ2n) is 3.61. The minimum atomic E-state index is -1.37. The molecule has 0 aromatic carbocycles. The van der Waals surface area contributed by atoms with Crippen LogP contribution in [0.25, 0.3) is 0 Å². The Morgan fingerprint density at radius 2 is 1.81 bits per heavy atom. The second-order valence-corrected chi connectivity index (χ2v) is 4.69. The van der Waals surface area contributed by atoms with Gasteiger partial charge in [0.2, 0.25) is 0 Å². The minimum Gasteiger partial charge on any atom is -0.394 e. The maximum absolute atomic E-state index is 9.58. The van der Waals surface area contributed by atoms with Crippen molar-refractivity contribution < 1.29 is 29.9 Å². The SMILES string of the molecule is OC[C@H]1O[C@H](OCCCI)[C@@H](O)[C@@H](O)[C@@H]1O. The lowest BCUT2D eigenvalue weighted by molar-refractivity contribution is -0.300. The molecule has 0 aromatic rings. The predicted molar refractivity (Wildman–Crippen MR) is 63.2 cm³/mol. The third-order valence-corrected chi connectivity index (χ3v) is 3.17. The number of aliphatic hydroxyl groups is 4. The molecular formula is C9H17IO6. The van der Waals surface area contributed by atoms with Gasteiger partial charge in [0.15, 0.2) is 6.29 Å². The van der Waals surface area contributed by atoms with Crippen LogP contribution in [0.3, 0.4) is 0 Å². The fourth-order valence-corrected chi connectivity index (χ4v) is 1.77. The van der Waals surface area contributed by atoms with Crippen molar-refractivity contribution in [2.45, 2.75) is 37.1 Å². The summed E-state index contributed by atoms with van der Waals surface area (Å²) in [6.45, 7) is -0.0390. The molecule has 1 rings (SSSR count). The van der Waals surface area contributed by atoms with Crippen LogP contribution >= 0.6 is 22.6 Å². The normalized spacial score (nSPS) is 39.9. The number of ether oxygens (including phenoxy) is 2. The molecule has 0 saturated carbocycles. The molecule has 16 heavy (non-hydrogen) atoms. The van der Waals surface area contributed by atoms with Gasteiger partial charge in [-0.25, -0.2) is 0 Å². The van der Waals surface area contributed by atoms with Crippen molar-refractivity contribution in [1.82, 2.24) is 0 Å². The minimum absolute atomic E-state index is 0.394. The van der Waals surface area contributed by atoms with E-state index < -0.39 is 37.3 Å². The predicted octanol–water partition coefficient (Wildman–Crippen LogP) is -1.37. The molecule has 1 saturated heterocycles. The Kier molecular flexibility index (Phi) is 6.40. The van der Waals surface area contributed by atoms with Crippen LogP contribution in [-0.4, -0.2) is 68.8 Å². The average Bonchev–Trinajstić information content (AvgIpc) is 2.29. The van der Waals surface area contributed by atoms with Gasteiger partial charge in [-0.05, 0) is 6.42 Å². The highest BCUT2D eigenvalue weighted by Gasteiger charge is 2.43. The Labute approximate surface area is 107 Å². The average molecular weight is 348 g/mol. The van der Waals surface area contributed by atoms with E-state index in [1.165, 1.54) is 0 Å². The first-order valence-electron chi connectivity index (χ1n) is 5.10. The zero-order valence-corrected chi connectivity index (χ0v) is 10.9. The lowest BCUT2D eigenvalue weighted by Crippen LogP contribution is -2.59. The van der Waals surface area contributed by atoms with Crippen LogP contribution in [0.4, 0.5) is 0 Å². The topological polar surface area (TPSA) is 99.4 Å². The maximum Gasteiger partial charge on any atom is 0.186 e. The van der Waals surface area contributed by atoms with Crippen molar-refractivity contribution in [2.75, 3.05) is 17.6 Å². The van der Waals surface area contributed by atoms with Gasteiger partial charge in [-0.1, -0.05) is 22.6 Å². The number of hydrogen-bond acceptors (Lipinski definition) is 6. The molecule has 0 bridgehead atoms. The first-order valence-corrected chi connectivity index (χ1v) is 6.62. The van der Waals surface area contributed by atoms with Crippen LogP contribution in [0.5, 0.6) is 0 Å². The van der Waals surface area contributed by atoms with E-state index >= 15 is 0 Å². The first kappa shape index (κ1) is 14.6. The second kappa shape index (κ2) is 7.04. The van der Waals surface area contributed by atoms with Crippen molar-refractivity contribution >= 4 is 22.6 Å². The molecule has 1 aliphatic rings. The first-order chi connectivity index (χ1) is 7.61. The zero-order chi connectivity index (χ0) is 12.1. The molecule has 1 aliphatic heterocycles. The summed E-state index contributed by atoms with van der Waals surface area (Å²) in [4.78, 5) is 0. The number of rotatable bonds is 5. The summed E-state index contributed by atoms with van der Waals surface area (Å²) in [5.41, 5.74) is 0. The summed E-state index contributed by atoms with van der Waals surface area (Å²) < 4.78 is 11.3. The zero-order valence-electron chi connectivity index (χ0n) is 8.70. The van der Waals surface area contributed by atoms with Gasteiger partial charge in [0.1, 0.15) is 24.4 Å². The van der Waals surface area contributed by atoms with Gasteiger partial charge in [0.25, 0.3) is 0 Å². The Morgan fingerprint density at radius 3 is 2.38 bits per heavy atom. The van der Waals surface area contributed by atoms with E-state index in [9.17, 15) is 15.3 Å². The molecule has 7 heteroatoms. The quantitative estimate of drug-likeness (QED) is 0.278. The standard InChI is InChI=1S/C9H17IO6/c10-2-1-3-15-9-8(14)7(13)6(12)5(4-11)16-9/h5-9,11-14H,1-4H2/t5-,6-,7+,8+,9+/m1/s1. The van der Waals surface area contributed by atoms with Gasteiger partial charge < -0.3 is 29.9 Å². The van der Waals surface area contributed by atoms with E-state index in [0.29, 0.717) is 6.61 Å². The maximum atomic E-state index is 9.58. The van der Waals surface area contributed by atoms with Crippen LogP contribution in [-0.2, 0) is 9.47 Å². The third-order valence-electron chi connectivity index (χ3n) is 2.41. The number of aliphatic hydroxyl groups excluding tert-OH is 4. The van der Waals surface area contributed by atoms with Crippen molar-refractivity contribution in [3.05, 3.63) is 0 Å². The molecule has 5 atom stereocenters. The van der Waals surface area contributed by atoms with Crippen LogP contribution < -0.4 is 0 Å². The summed E-state index contributed by atoms with van der Waals surface area (Å²) in [7, 11) is 0. The summed E-state index contributed by atoms with van der Waals surface area (Å²) in [6, 6.07) is 0. The molecule has 0 unspecified atom stereocenters. The number of alkyl halides is 1. The van der Waals surface area contributed by atoms with Gasteiger partial charge in [-0.3, -0.25) is 0 Å². The molecule has 0 spiro atoms. The van der Waals surface area contributed by atoms with Gasteiger partial charge in [0, 0.05) is 4.43 Å². The largest absolute Gasteiger partial charge is 0.394 e. The van der Waals surface area contributed by atoms with E-state index in [0.717, 1.165) is 10.8 Å². The molecule has 0 radical (unpaired) electrons. The Bertz CT molecular complexity index is 202. The molecule has 0 aliphatic carbocycles. The fourth-order valence-electron chi connectivity index (χ4n) is 1.46. The van der Waals surface area contributed by atoms with Crippen molar-refractivity contribution in [1.29, 1.82) is 0 Å². The molecule has 0 amide bonds. The van der Waals surface area contributed by atoms with Gasteiger partial charge in [-0.15, -0.1) is 0 Å². The van der Waals surface area contributed by atoms with Crippen molar-refractivity contribution in [3.8, 4) is 0 Å². The van der Waals surface area contributed by atoms with Crippen LogP contribution in [0.1, 0.15) is 6.42 Å². The van der Waals surface area contributed by atoms with E-state index in [2.05, 4.69) is 22.6 Å². The Morgan fingerprint density at radius 1 is 1.12 bits per heavy atom. The van der Waals surface area contributed by atoms with Crippen LogP contribution in [0.2, 0.25) is 0 Å². The molecule has 0 aromatic heterocycles. The number of hydrogen-bond donors (Lipinski definition) is 4. The van der Waals surface area contributed by atoms with Crippen LogP contribution in [0, 0.1) is 0 Å². The van der Waals surface area contributed by atoms with Gasteiger partial charge >= 0.3 is 0 Å². The highest BCUT2D eigenvalue weighted by atomic mass is 127. The summed E-state index contributed by atoms with van der Waals surface area (Å²) in [6.07, 6.45) is -5.09. The smallest absolute Gasteiger partial charge is 0.186 e. The molecule has 1 fully saturated rings. The van der Waals surface area contributed by atoms with E-state index in [-0.39, 0.29) is 0 Å². The lowest BCUT2D eigenvalue weighted by atomic mass is 9.99. The monoisotopic (exact) mass is 348 g/mol. The molecule has 4 N–H and O–H groups in total. The van der Waals surface area contributed by atoms with Crippen LogP contribution in [0.15, 0.2) is 0 Å². The summed E-state index contributed by atoms with van der Waals surface area (Å²) in [5, 5.41) is 37.4. The Hall–Kier alpha value is 0.490. The Balaban J connectivity index is 2.50. The molecule has 96 valence electrons. The molecule has 6 nitrogen and oxygen atoms in total. The van der Waals surface area contributed by atoms with Gasteiger partial charge in [0.05, 0.1) is 13.2 Å². The van der Waals surface area contributed by atoms with Crippen molar-refractivity contribution in [2.24, 2.45) is 0 Å². The fraction of sp³-hybridized carbons (Fsp3) is 1.00. The van der Waals surface area contributed by atoms with Gasteiger partial charge in [-0.2, -0.15) is 0 Å². The van der Waals surface area contributed by atoms with E-state index in [1.54, 1.807) is 0 Å². The lowest BCUT2D eigenvalue weighted by Gasteiger charge is -2.39. The third kappa shape index (κ3) is 3.49. The molecule has 1 heterocycles. The van der Waals surface area contributed by atoms with Crippen molar-refractivity contribution in [3.63, 3.8) is 0 Å². The van der Waals surface area contributed by atoms with E-state index in [1.807, 2.05) is 0 Å². The summed E-state index contributed by atoms with van der Waals surface area (Å²) in [5.74, 6) is 0. The number of halogens is 1. The molecular weight excluding hydrogens is 331 g/mol. The highest BCUT2D eigenvalue weighted by Crippen LogP contribution is 2.21. The highest BCUT2D eigenvalue weighted by molar-refractivity contribution is 14.1. The summed E-state index contributed by atoms with van der Waals surface area (Å²) >= 11 is 2.19. The van der Waals surface area contributed by atoms with E-state index in [4.69, 9.17) is 14.6 Å².